The summed E-state index contributed by atoms with van der Waals surface area (Å²) < 4.78 is 27.0. The maximum Gasteiger partial charge on any atom is 0.264 e. The van der Waals surface area contributed by atoms with Gasteiger partial charge in [-0.05, 0) is 48.0 Å². The lowest BCUT2D eigenvalue weighted by Crippen LogP contribution is -2.26. The van der Waals surface area contributed by atoms with Gasteiger partial charge in [-0.25, -0.2) is 8.42 Å². The first-order chi connectivity index (χ1) is 13.9. The molecule has 0 aliphatic heterocycles. The van der Waals surface area contributed by atoms with E-state index in [9.17, 15) is 13.2 Å². The number of benzene rings is 3. The van der Waals surface area contributed by atoms with Crippen molar-refractivity contribution in [3.05, 3.63) is 90.0 Å². The predicted octanol–water partition coefficient (Wildman–Crippen LogP) is 3.83. The van der Waals surface area contributed by atoms with Crippen LogP contribution in [0.5, 0.6) is 0 Å². The van der Waals surface area contributed by atoms with E-state index in [1.54, 1.807) is 54.6 Å². The summed E-state index contributed by atoms with van der Waals surface area (Å²) in [5.74, 6) is -0.419. The van der Waals surface area contributed by atoms with Crippen LogP contribution in [-0.2, 0) is 16.4 Å². The van der Waals surface area contributed by atoms with Crippen molar-refractivity contribution >= 4 is 27.3 Å². The average molecular weight is 405 g/mol. The van der Waals surface area contributed by atoms with Crippen molar-refractivity contribution in [1.82, 2.24) is 0 Å². The zero-order chi connectivity index (χ0) is 20.9. The number of nitriles is 1. The highest BCUT2D eigenvalue weighted by Crippen LogP contribution is 2.22. The molecule has 0 saturated carbocycles. The van der Waals surface area contributed by atoms with Crippen molar-refractivity contribution in [3.63, 3.8) is 0 Å². The van der Waals surface area contributed by atoms with Crippen LogP contribution in [0, 0.1) is 11.3 Å². The highest BCUT2D eigenvalue weighted by atomic mass is 32.2. The minimum atomic E-state index is -3.81. The van der Waals surface area contributed by atoms with Gasteiger partial charge in [0, 0.05) is 18.3 Å². The van der Waals surface area contributed by atoms with E-state index in [4.69, 9.17) is 5.26 Å². The SMILES string of the molecule is CN(c1ccccc1)S(=O)(=O)c1cccc(C(=O)Nc2ccc(CC#N)cc2)c1. The molecule has 0 aliphatic rings. The largest absolute Gasteiger partial charge is 0.322 e. The number of hydrogen-bond acceptors (Lipinski definition) is 4. The van der Waals surface area contributed by atoms with Crippen LogP contribution in [0.4, 0.5) is 11.4 Å². The van der Waals surface area contributed by atoms with E-state index in [0.29, 0.717) is 17.8 Å². The summed E-state index contributed by atoms with van der Waals surface area (Å²) in [4.78, 5) is 12.6. The number of nitrogens with one attached hydrogen (secondary N) is 1. The van der Waals surface area contributed by atoms with Gasteiger partial charge in [-0.2, -0.15) is 5.26 Å². The van der Waals surface area contributed by atoms with Crippen molar-refractivity contribution in [1.29, 1.82) is 5.26 Å². The Hall–Kier alpha value is -3.63. The van der Waals surface area contributed by atoms with Gasteiger partial charge in [0.1, 0.15) is 0 Å². The predicted molar refractivity (Wildman–Crippen MR) is 112 cm³/mol. The molecule has 0 saturated heterocycles. The monoisotopic (exact) mass is 405 g/mol. The van der Waals surface area contributed by atoms with Crippen molar-refractivity contribution < 1.29 is 13.2 Å². The van der Waals surface area contributed by atoms with Crippen LogP contribution in [0.25, 0.3) is 0 Å². The normalized spacial score (nSPS) is 10.8. The van der Waals surface area contributed by atoms with Crippen molar-refractivity contribution in [2.45, 2.75) is 11.3 Å². The van der Waals surface area contributed by atoms with Gasteiger partial charge in [0.05, 0.1) is 23.1 Å². The molecule has 0 spiro atoms. The number of hydrogen-bond donors (Lipinski definition) is 1. The second kappa shape index (κ2) is 8.59. The van der Waals surface area contributed by atoms with Crippen LogP contribution in [0.1, 0.15) is 15.9 Å². The summed E-state index contributed by atoms with van der Waals surface area (Å²) in [6.45, 7) is 0. The molecule has 3 aromatic carbocycles. The molecule has 1 amide bonds. The van der Waals surface area contributed by atoms with Crippen molar-refractivity contribution in [2.24, 2.45) is 0 Å². The van der Waals surface area contributed by atoms with Crippen LogP contribution in [0.15, 0.2) is 83.8 Å². The second-order valence-corrected chi connectivity index (χ2v) is 8.29. The maximum absolute atomic E-state index is 12.9. The summed E-state index contributed by atoms with van der Waals surface area (Å²) >= 11 is 0. The maximum atomic E-state index is 12.9. The summed E-state index contributed by atoms with van der Waals surface area (Å²) in [7, 11) is -2.34. The molecule has 3 rings (SSSR count). The molecular formula is C22H19N3O3S. The van der Waals surface area contributed by atoms with E-state index >= 15 is 0 Å². The Labute approximate surface area is 170 Å². The smallest absolute Gasteiger partial charge is 0.264 e. The van der Waals surface area contributed by atoms with Crippen LogP contribution in [0.3, 0.4) is 0 Å². The Morgan fingerprint density at radius 1 is 1.00 bits per heavy atom. The van der Waals surface area contributed by atoms with Gasteiger partial charge < -0.3 is 5.32 Å². The zero-order valence-corrected chi connectivity index (χ0v) is 16.6. The lowest BCUT2D eigenvalue weighted by Gasteiger charge is -2.19. The standard InChI is InChI=1S/C22H19N3O3S/c1-25(20-7-3-2-4-8-20)29(27,28)21-9-5-6-18(16-21)22(26)24-19-12-10-17(11-13-19)14-15-23/h2-13,16H,14H2,1H3,(H,24,26). The minimum absolute atomic E-state index is 0.0286. The quantitative estimate of drug-likeness (QED) is 0.675. The van der Waals surface area contributed by atoms with Crippen LogP contribution < -0.4 is 9.62 Å². The number of nitrogens with zero attached hydrogens (tertiary/aromatic N) is 2. The van der Waals surface area contributed by atoms with Gasteiger partial charge >= 0.3 is 0 Å². The zero-order valence-electron chi connectivity index (χ0n) is 15.7. The van der Waals surface area contributed by atoms with E-state index in [1.165, 1.54) is 29.6 Å². The first-order valence-corrected chi connectivity index (χ1v) is 10.3. The molecule has 3 aromatic rings. The van der Waals surface area contributed by atoms with E-state index in [0.717, 1.165) is 5.56 Å². The summed E-state index contributed by atoms with van der Waals surface area (Å²) in [5, 5.41) is 11.5. The fourth-order valence-corrected chi connectivity index (χ4v) is 3.97. The number of carbonyl (C=O) groups is 1. The highest BCUT2D eigenvalue weighted by Gasteiger charge is 2.22. The molecule has 146 valence electrons. The van der Waals surface area contributed by atoms with E-state index < -0.39 is 15.9 Å². The molecule has 0 atom stereocenters. The summed E-state index contributed by atoms with van der Waals surface area (Å²) in [5.41, 5.74) is 2.17. The molecule has 0 aromatic heterocycles. The van der Waals surface area contributed by atoms with Gasteiger partial charge in [-0.1, -0.05) is 36.4 Å². The Morgan fingerprint density at radius 3 is 2.34 bits per heavy atom. The van der Waals surface area contributed by atoms with Crippen LogP contribution >= 0.6 is 0 Å². The van der Waals surface area contributed by atoms with Crippen molar-refractivity contribution in [2.75, 3.05) is 16.7 Å². The molecule has 1 N–H and O–H groups in total. The fraction of sp³-hybridized carbons (Fsp3) is 0.0909. The number of para-hydroxylation sites is 1. The molecule has 0 radical (unpaired) electrons. The van der Waals surface area contributed by atoms with Gasteiger partial charge in [0.2, 0.25) is 0 Å². The average Bonchev–Trinajstić information content (AvgIpc) is 2.75. The van der Waals surface area contributed by atoms with Gasteiger partial charge in [0.25, 0.3) is 15.9 Å². The van der Waals surface area contributed by atoms with Gasteiger partial charge in [-0.3, -0.25) is 9.10 Å². The molecule has 6 nitrogen and oxygen atoms in total. The van der Waals surface area contributed by atoms with E-state index in [1.807, 2.05) is 6.07 Å². The number of anilines is 2. The number of carbonyl (C=O) groups excluding carboxylic acids is 1. The molecule has 29 heavy (non-hydrogen) atoms. The fourth-order valence-electron chi connectivity index (χ4n) is 2.73. The van der Waals surface area contributed by atoms with E-state index in [-0.39, 0.29) is 10.5 Å². The highest BCUT2D eigenvalue weighted by molar-refractivity contribution is 7.92. The van der Waals surface area contributed by atoms with Gasteiger partial charge in [0.15, 0.2) is 0 Å². The third-order valence-corrected chi connectivity index (χ3v) is 6.15. The van der Waals surface area contributed by atoms with Gasteiger partial charge in [-0.15, -0.1) is 0 Å². The first kappa shape index (κ1) is 20.1. The van der Waals surface area contributed by atoms with Crippen LogP contribution in [0.2, 0.25) is 0 Å². The molecule has 0 aliphatic carbocycles. The summed E-state index contributed by atoms with van der Waals surface area (Å²) in [6, 6.07) is 23.6. The lowest BCUT2D eigenvalue weighted by atomic mass is 10.1. The molecule has 0 unspecified atom stereocenters. The lowest BCUT2D eigenvalue weighted by molar-refractivity contribution is 0.102. The number of amides is 1. The molecule has 0 bridgehead atoms. The Bertz CT molecular complexity index is 1150. The second-order valence-electron chi connectivity index (χ2n) is 6.32. The Balaban J connectivity index is 1.81. The topological polar surface area (TPSA) is 90.3 Å². The number of sulfonamides is 1. The third kappa shape index (κ3) is 4.62. The third-order valence-electron chi connectivity index (χ3n) is 4.37. The Kier molecular flexibility index (Phi) is 5.96. The molecule has 0 heterocycles. The molecule has 7 heteroatoms. The van der Waals surface area contributed by atoms with E-state index in [2.05, 4.69) is 11.4 Å². The van der Waals surface area contributed by atoms with Crippen molar-refractivity contribution in [3.8, 4) is 6.07 Å². The molecular weight excluding hydrogens is 386 g/mol. The minimum Gasteiger partial charge on any atom is -0.322 e. The van der Waals surface area contributed by atoms with Crippen LogP contribution in [-0.4, -0.2) is 21.4 Å². The molecule has 0 fully saturated rings. The summed E-state index contributed by atoms with van der Waals surface area (Å²) in [6.07, 6.45) is 0.295. The number of rotatable bonds is 6. The first-order valence-electron chi connectivity index (χ1n) is 8.83. The Morgan fingerprint density at radius 2 is 1.69 bits per heavy atom.